The molecule has 3 aromatic carbocycles. The van der Waals surface area contributed by atoms with Crippen LogP contribution in [-0.4, -0.2) is 86.0 Å². The van der Waals surface area contributed by atoms with Crippen LogP contribution in [0.4, 0.5) is 0 Å². The fourth-order valence-electron chi connectivity index (χ4n) is 7.16. The fraction of sp³-hybridized carbons (Fsp3) is 0.180. The molecule has 86 heavy (non-hydrogen) atoms. The van der Waals surface area contributed by atoms with Gasteiger partial charge in [0.2, 0.25) is 29.0 Å². The predicted molar refractivity (Wildman–Crippen MR) is 310 cm³/mol. The second-order valence-electron chi connectivity index (χ2n) is 18.3. The van der Waals surface area contributed by atoms with E-state index in [-0.39, 0.29) is 117 Å². The molecule has 0 aliphatic carbocycles. The number of carboxylic acid groups (broad SMARTS) is 1. The molecular formula is C50H38Cl6N16O14. The van der Waals surface area contributed by atoms with E-state index in [0.717, 1.165) is 15.6 Å². The number of nitrogens with zero attached hydrogens (tertiary/aromatic N) is 10. The number of aromatic amines is 6. The third-order valence-electron chi connectivity index (χ3n) is 11.3. The first-order valence-electron chi connectivity index (χ1n) is 24.2. The van der Waals surface area contributed by atoms with Crippen LogP contribution >= 0.6 is 69.6 Å². The Labute approximate surface area is 507 Å². The number of benzene rings is 3. The van der Waals surface area contributed by atoms with E-state index in [1.54, 1.807) is 6.07 Å². The molecule has 30 nitrogen and oxygen atoms in total. The van der Waals surface area contributed by atoms with Gasteiger partial charge in [-0.2, -0.15) is 29.5 Å². The monoisotopic (exact) mass is 1300 g/mol. The number of aromatic carboxylic acids is 1. The number of rotatable bonds is 13. The smallest absolute Gasteiger partial charge is 0.362 e. The molecule has 0 radical (unpaired) electrons. The minimum absolute atomic E-state index is 0.00463. The molecule has 6 aromatic heterocycles. The Morgan fingerprint density at radius 2 is 0.814 bits per heavy atom. The molecule has 0 aliphatic heterocycles. The summed E-state index contributed by atoms with van der Waals surface area (Å²) in [5.41, 5.74) is -5.98. The SMILES string of the molecule is CC(C)c1cc(Oc2c(Cl)cc(-n3nc(C#N)c(=O)[nH]c3=O)cc2Cl)n[nH]c1=O.CC(C)c1cc(Oc2c(Cl)cc(-n3nc(C(=O)O)c(=O)[nH]c3=O)cc2Cl)n[nH]c1=O.CC(C)c1cc(Oc2c(Cl)cc(-n3ncc(=O)[nH]c3=O)cc2Cl)n[nH]c1=O. The largest absolute Gasteiger partial charge is 0.476 e. The average Bonchev–Trinajstić information content (AvgIpc) is 3.51. The minimum atomic E-state index is -1.62. The summed E-state index contributed by atoms with van der Waals surface area (Å²) in [6.07, 6.45) is 0.950. The number of aromatic nitrogens is 15. The van der Waals surface area contributed by atoms with E-state index >= 15 is 0 Å². The summed E-state index contributed by atoms with van der Waals surface area (Å²) >= 11 is 37.4. The van der Waals surface area contributed by atoms with Crippen LogP contribution in [0.2, 0.25) is 30.1 Å². The van der Waals surface area contributed by atoms with Gasteiger partial charge < -0.3 is 19.3 Å². The van der Waals surface area contributed by atoms with Crippen LogP contribution in [-0.2, 0) is 0 Å². The molecule has 0 saturated heterocycles. The Balaban J connectivity index is 0.000000185. The lowest BCUT2D eigenvalue weighted by Gasteiger charge is -2.12. The molecule has 7 N–H and O–H groups in total. The van der Waals surface area contributed by atoms with Gasteiger partial charge in [-0.1, -0.05) is 111 Å². The van der Waals surface area contributed by atoms with Crippen LogP contribution in [0.1, 0.15) is 92.2 Å². The van der Waals surface area contributed by atoms with Gasteiger partial charge in [-0.25, -0.2) is 34.5 Å². The number of hydrogen-bond acceptors (Lipinski definition) is 20. The van der Waals surface area contributed by atoms with E-state index in [2.05, 4.69) is 50.9 Å². The van der Waals surface area contributed by atoms with E-state index in [9.17, 15) is 47.9 Å². The number of nitrogens with one attached hydrogen (secondary N) is 6. The standard InChI is InChI=1S/C17H12Cl2N6O4.C17H13Cl2N5O6.C16H13Cl2N5O4/c1-7(2)9-5-13(22-23-15(9)26)29-14-10(18)3-8(4-11(14)19)25-17(28)21-16(27)12(6-20)24-25;1-6(2)8-5-11(21-22-14(8)25)30-13-9(18)3-7(4-10(13)19)24-17(29)20-15(26)12(23-24)16(27)28;1-7(2)9-5-13(21-22-15(9)25)27-14-10(17)3-8(4-11(14)18)23-16(26)20-12(24)6-19-23/h3-5,7H,1-2H3,(H,23,26)(H,21,27,28);3-6H,1-2H3,(H,22,25)(H,27,28)(H,20,26,29);3-7H,1-2H3,(H,22,25)(H,20,24,26). The van der Waals surface area contributed by atoms with Crippen LogP contribution in [0.3, 0.4) is 0 Å². The van der Waals surface area contributed by atoms with Gasteiger partial charge in [-0.3, -0.25) is 43.7 Å². The van der Waals surface area contributed by atoms with Gasteiger partial charge in [0, 0.05) is 34.9 Å². The fourth-order valence-corrected chi connectivity index (χ4v) is 8.82. The van der Waals surface area contributed by atoms with Crippen LogP contribution < -0.4 is 64.6 Å². The van der Waals surface area contributed by atoms with Crippen molar-refractivity contribution in [2.45, 2.75) is 59.3 Å². The van der Waals surface area contributed by atoms with Crippen LogP contribution in [0.5, 0.6) is 34.9 Å². The highest BCUT2D eigenvalue weighted by Gasteiger charge is 2.21. The highest BCUT2D eigenvalue weighted by molar-refractivity contribution is 6.38. The zero-order chi connectivity index (χ0) is 63.2. The molecule has 0 bridgehead atoms. The first-order chi connectivity index (χ1) is 40.5. The van der Waals surface area contributed by atoms with Crippen molar-refractivity contribution in [2.24, 2.45) is 0 Å². The Hall–Kier alpha value is -9.77. The summed E-state index contributed by atoms with van der Waals surface area (Å²) < 4.78 is 19.1. The molecule has 0 amide bonds. The van der Waals surface area contributed by atoms with Gasteiger partial charge >= 0.3 is 23.0 Å². The van der Waals surface area contributed by atoms with Crippen LogP contribution in [0.15, 0.2) is 104 Å². The average molecular weight is 1300 g/mol. The van der Waals surface area contributed by atoms with Gasteiger partial charge in [0.25, 0.3) is 33.4 Å². The number of halogens is 6. The number of nitriles is 1. The van der Waals surface area contributed by atoms with Crippen molar-refractivity contribution in [3.8, 4) is 58.0 Å². The molecule has 0 atom stereocenters. The molecule has 9 aromatic rings. The molecule has 6 heterocycles. The van der Waals surface area contributed by atoms with Gasteiger partial charge in [-0.05, 0) is 54.2 Å². The van der Waals surface area contributed by atoms with E-state index in [1.807, 2.05) is 51.5 Å². The van der Waals surface area contributed by atoms with Crippen LogP contribution in [0, 0.1) is 11.3 Å². The third kappa shape index (κ3) is 14.8. The minimum Gasteiger partial charge on any atom is -0.476 e. The van der Waals surface area contributed by atoms with Crippen molar-refractivity contribution in [1.29, 1.82) is 5.26 Å². The van der Waals surface area contributed by atoms with E-state index in [4.69, 9.17) is 94.2 Å². The number of carbonyl (C=O) groups is 1. The first kappa shape index (κ1) is 63.8. The Morgan fingerprint density at radius 1 is 0.488 bits per heavy atom. The lowest BCUT2D eigenvalue weighted by molar-refractivity contribution is 0.0685. The number of ether oxygens (including phenoxy) is 3. The summed E-state index contributed by atoms with van der Waals surface area (Å²) in [7, 11) is 0. The summed E-state index contributed by atoms with van der Waals surface area (Å²) in [6, 6.07) is 13.9. The zero-order valence-corrected chi connectivity index (χ0v) is 49.0. The molecule has 0 saturated carbocycles. The zero-order valence-electron chi connectivity index (χ0n) is 44.5. The Kier molecular flexibility index (Phi) is 19.9. The molecule has 9 rings (SSSR count). The van der Waals surface area contributed by atoms with Gasteiger partial charge in [0.15, 0.2) is 17.2 Å². The Bertz CT molecular complexity index is 4700. The number of H-pyrrole nitrogens is 6. The maximum absolute atomic E-state index is 12.0. The molecule has 0 fully saturated rings. The van der Waals surface area contributed by atoms with Crippen molar-refractivity contribution in [3.05, 3.63) is 213 Å². The van der Waals surface area contributed by atoms with Gasteiger partial charge in [0.1, 0.15) is 12.3 Å². The molecule has 0 spiro atoms. The highest BCUT2D eigenvalue weighted by Crippen LogP contribution is 2.40. The molecule has 0 aliphatic rings. The second kappa shape index (κ2) is 26.9. The second-order valence-corrected chi connectivity index (χ2v) is 20.7. The van der Waals surface area contributed by atoms with Gasteiger partial charge in [0.05, 0.1) is 47.2 Å². The van der Waals surface area contributed by atoms with E-state index < -0.39 is 51.1 Å². The lowest BCUT2D eigenvalue weighted by atomic mass is 10.1. The molecule has 444 valence electrons. The topological polar surface area (TPSA) is 429 Å². The van der Waals surface area contributed by atoms with Crippen molar-refractivity contribution in [2.75, 3.05) is 0 Å². The predicted octanol–water partition coefficient (Wildman–Crippen LogP) is 6.25. The normalized spacial score (nSPS) is 10.9. The van der Waals surface area contributed by atoms with Crippen molar-refractivity contribution < 1.29 is 24.1 Å². The van der Waals surface area contributed by atoms with Crippen molar-refractivity contribution in [3.63, 3.8) is 0 Å². The van der Waals surface area contributed by atoms with Gasteiger partial charge in [-0.15, -0.1) is 20.4 Å². The summed E-state index contributed by atoms with van der Waals surface area (Å²) in [4.78, 5) is 122. The molecule has 0 unspecified atom stereocenters. The number of hydrogen-bond donors (Lipinski definition) is 7. The highest BCUT2D eigenvalue weighted by atomic mass is 35.5. The van der Waals surface area contributed by atoms with Crippen LogP contribution in [0.25, 0.3) is 17.1 Å². The third-order valence-corrected chi connectivity index (χ3v) is 13.0. The summed E-state index contributed by atoms with van der Waals surface area (Å²) in [5, 5.41) is 47.4. The maximum Gasteiger partial charge on any atom is 0.362 e. The van der Waals surface area contributed by atoms with Crippen molar-refractivity contribution in [1.82, 2.24) is 74.9 Å². The first-order valence-corrected chi connectivity index (χ1v) is 26.4. The maximum atomic E-state index is 12.0. The molecular weight excluding hydrogens is 1260 g/mol. The summed E-state index contributed by atoms with van der Waals surface area (Å²) in [6.45, 7) is 11.0. The van der Waals surface area contributed by atoms with E-state index in [1.165, 1.54) is 54.6 Å². The quantitative estimate of drug-likeness (QED) is 0.0670. The lowest BCUT2D eigenvalue weighted by Crippen LogP contribution is -2.35. The number of carboxylic acids is 1. The van der Waals surface area contributed by atoms with E-state index in [0.29, 0.717) is 21.4 Å². The summed E-state index contributed by atoms with van der Waals surface area (Å²) in [5.74, 6) is -1.50. The van der Waals surface area contributed by atoms with Crippen molar-refractivity contribution >= 4 is 75.6 Å². The molecule has 36 heteroatoms. The Morgan fingerprint density at radius 3 is 1.14 bits per heavy atom.